The van der Waals surface area contributed by atoms with Crippen LogP contribution < -0.4 is 14.2 Å². The van der Waals surface area contributed by atoms with Gasteiger partial charge in [-0.2, -0.15) is 0 Å². The van der Waals surface area contributed by atoms with Crippen molar-refractivity contribution < 1.29 is 19.4 Å². The average Bonchev–Trinajstić information content (AvgIpc) is 2.95. The van der Waals surface area contributed by atoms with Gasteiger partial charge in [0.15, 0.2) is 11.5 Å². The fourth-order valence-corrected chi connectivity index (χ4v) is 3.10. The molecule has 6 nitrogen and oxygen atoms in total. The predicted molar refractivity (Wildman–Crippen MR) is 77.7 cm³/mol. The Bertz CT molecular complexity index is 586. The lowest BCUT2D eigenvalue weighted by molar-refractivity contribution is 0.170. The van der Waals surface area contributed by atoms with Crippen LogP contribution in [0.15, 0.2) is 11.2 Å². The fraction of sp³-hybridized carbons (Fsp3) is 0.533. The summed E-state index contributed by atoms with van der Waals surface area (Å²) in [6, 6.07) is 2.15. The number of nitrogens with zero attached hydrogens (tertiary/aromatic N) is 2. The molecule has 0 bridgehead atoms. The first-order valence-electron chi connectivity index (χ1n) is 7.02. The lowest BCUT2D eigenvalue weighted by Crippen LogP contribution is -2.33. The van der Waals surface area contributed by atoms with Crippen LogP contribution in [-0.4, -0.2) is 43.3 Å². The van der Waals surface area contributed by atoms with Crippen LogP contribution in [0.1, 0.15) is 30.5 Å². The van der Waals surface area contributed by atoms with Crippen LogP contribution in [0.5, 0.6) is 17.2 Å². The van der Waals surface area contributed by atoms with Crippen LogP contribution in [-0.2, 0) is 6.42 Å². The van der Waals surface area contributed by atoms with Crippen LogP contribution in [0.3, 0.4) is 0 Å². The molecule has 0 saturated heterocycles. The Morgan fingerprint density at radius 1 is 1.52 bits per heavy atom. The number of ether oxygens (including phenoxy) is 3. The maximum atomic E-state index is 8.97. The summed E-state index contributed by atoms with van der Waals surface area (Å²) in [6.45, 7) is 2.99. The number of rotatable bonds is 3. The van der Waals surface area contributed by atoms with Crippen molar-refractivity contribution >= 4 is 5.71 Å². The summed E-state index contributed by atoms with van der Waals surface area (Å²) >= 11 is 0. The first kappa shape index (κ1) is 14.0. The maximum absolute atomic E-state index is 8.97. The number of benzene rings is 1. The highest BCUT2D eigenvalue weighted by Gasteiger charge is 2.34. The highest BCUT2D eigenvalue weighted by Crippen LogP contribution is 2.49. The van der Waals surface area contributed by atoms with Crippen molar-refractivity contribution in [3.8, 4) is 17.2 Å². The topological polar surface area (TPSA) is 63.5 Å². The van der Waals surface area contributed by atoms with E-state index in [1.54, 1.807) is 7.11 Å². The number of hydrogen-bond donors (Lipinski definition) is 1. The lowest BCUT2D eigenvalue weighted by Gasteiger charge is -2.35. The minimum Gasteiger partial charge on any atom is -0.492 e. The minimum absolute atomic E-state index is 0.106. The van der Waals surface area contributed by atoms with Crippen molar-refractivity contribution in [2.45, 2.75) is 25.8 Å². The second-order valence-corrected chi connectivity index (χ2v) is 5.50. The van der Waals surface area contributed by atoms with Crippen molar-refractivity contribution in [2.75, 3.05) is 27.5 Å². The van der Waals surface area contributed by atoms with E-state index >= 15 is 0 Å². The molecular weight excluding hydrogens is 272 g/mol. The molecule has 0 amide bonds. The first-order valence-corrected chi connectivity index (χ1v) is 7.02. The van der Waals surface area contributed by atoms with Gasteiger partial charge in [-0.25, -0.2) is 0 Å². The summed E-state index contributed by atoms with van der Waals surface area (Å²) in [7, 11) is 3.72. The molecular formula is C15H20N2O4. The Morgan fingerprint density at radius 3 is 3.05 bits per heavy atom. The Balaban J connectivity index is 2.11. The van der Waals surface area contributed by atoms with E-state index < -0.39 is 0 Å². The molecule has 21 heavy (non-hydrogen) atoms. The second-order valence-electron chi connectivity index (χ2n) is 5.50. The van der Waals surface area contributed by atoms with Crippen molar-refractivity contribution in [1.82, 2.24) is 4.90 Å². The molecule has 1 atom stereocenters. The van der Waals surface area contributed by atoms with E-state index in [4.69, 9.17) is 19.4 Å². The van der Waals surface area contributed by atoms with Crippen LogP contribution in [0, 0.1) is 0 Å². The minimum atomic E-state index is 0.106. The van der Waals surface area contributed by atoms with Gasteiger partial charge in [0.1, 0.15) is 0 Å². The van der Waals surface area contributed by atoms with Gasteiger partial charge in [0, 0.05) is 24.6 Å². The molecule has 1 aromatic rings. The molecule has 2 heterocycles. The molecule has 1 unspecified atom stereocenters. The highest BCUT2D eigenvalue weighted by molar-refractivity contribution is 5.82. The van der Waals surface area contributed by atoms with E-state index in [9.17, 15) is 0 Å². The summed E-state index contributed by atoms with van der Waals surface area (Å²) < 4.78 is 16.7. The van der Waals surface area contributed by atoms with Gasteiger partial charge in [0.2, 0.25) is 12.5 Å². The molecule has 2 aliphatic rings. The number of hydrogen-bond acceptors (Lipinski definition) is 6. The van der Waals surface area contributed by atoms with Gasteiger partial charge in [-0.15, -0.1) is 0 Å². The molecule has 0 fully saturated rings. The third-order valence-corrected chi connectivity index (χ3v) is 4.21. The third-order valence-electron chi connectivity index (χ3n) is 4.21. The van der Waals surface area contributed by atoms with Gasteiger partial charge in [0.05, 0.1) is 12.8 Å². The maximum Gasteiger partial charge on any atom is 0.231 e. The van der Waals surface area contributed by atoms with E-state index in [1.807, 2.05) is 13.0 Å². The van der Waals surface area contributed by atoms with E-state index in [-0.39, 0.29) is 12.8 Å². The van der Waals surface area contributed by atoms with E-state index in [1.165, 1.54) is 5.56 Å². The first-order chi connectivity index (χ1) is 10.2. The molecule has 0 aliphatic carbocycles. The zero-order valence-electron chi connectivity index (χ0n) is 12.5. The predicted octanol–water partition coefficient (Wildman–Crippen LogP) is 2.19. The zero-order valence-corrected chi connectivity index (χ0v) is 12.5. The molecule has 114 valence electrons. The van der Waals surface area contributed by atoms with E-state index in [2.05, 4.69) is 17.1 Å². The zero-order chi connectivity index (χ0) is 15.0. The molecule has 1 N–H and O–H groups in total. The summed E-state index contributed by atoms with van der Waals surface area (Å²) in [5, 5.41) is 12.3. The van der Waals surface area contributed by atoms with Gasteiger partial charge < -0.3 is 19.4 Å². The molecule has 0 spiro atoms. The van der Waals surface area contributed by atoms with Crippen molar-refractivity contribution in [3.05, 3.63) is 17.2 Å². The number of likely N-dealkylation sites (N-methyl/N-ethyl adjacent to an activating group) is 1. The van der Waals surface area contributed by atoms with Gasteiger partial charge in [-0.05, 0) is 32.0 Å². The van der Waals surface area contributed by atoms with Gasteiger partial charge in [-0.3, -0.25) is 4.90 Å². The molecule has 6 heteroatoms. The second kappa shape index (κ2) is 5.44. The smallest absolute Gasteiger partial charge is 0.231 e. The Morgan fingerprint density at radius 2 is 2.33 bits per heavy atom. The lowest BCUT2D eigenvalue weighted by atomic mass is 9.88. The Hall–Kier alpha value is -1.95. The quantitative estimate of drug-likeness (QED) is 0.525. The molecule has 2 aliphatic heterocycles. The third kappa shape index (κ3) is 2.29. The van der Waals surface area contributed by atoms with Crippen LogP contribution in [0.2, 0.25) is 0 Å². The largest absolute Gasteiger partial charge is 0.492 e. The number of methoxy groups -OCH3 is 1. The van der Waals surface area contributed by atoms with Crippen molar-refractivity contribution in [3.63, 3.8) is 0 Å². The summed E-state index contributed by atoms with van der Waals surface area (Å²) in [4.78, 5) is 2.25. The molecule has 0 aromatic heterocycles. The molecule has 0 radical (unpaired) electrons. The highest BCUT2D eigenvalue weighted by atomic mass is 16.7. The molecule has 3 rings (SSSR count). The van der Waals surface area contributed by atoms with Crippen LogP contribution >= 0.6 is 0 Å². The number of oxime groups is 1. The van der Waals surface area contributed by atoms with Gasteiger partial charge in [-0.1, -0.05) is 5.16 Å². The number of fused-ring (bicyclic) bond motifs is 2. The normalized spacial score (nSPS) is 21.3. The Labute approximate surface area is 123 Å². The summed E-state index contributed by atoms with van der Waals surface area (Å²) in [6.07, 6.45) is 1.58. The average molecular weight is 292 g/mol. The van der Waals surface area contributed by atoms with Gasteiger partial charge in [0.25, 0.3) is 0 Å². The summed E-state index contributed by atoms with van der Waals surface area (Å²) in [5.74, 6) is 2.17. The summed E-state index contributed by atoms with van der Waals surface area (Å²) in [5.41, 5.74) is 3.02. The molecule has 1 aromatic carbocycles. The standard InChI is InChI=1S/C15H20N2O4/c1-9(16-18)6-11-13-10(4-5-17(11)2)7-12-14(15(13)19-3)21-8-20-12/h7,11,18H,4-6,8H2,1-3H3/b16-9+. The molecule has 0 saturated carbocycles. The van der Waals surface area contributed by atoms with E-state index in [0.29, 0.717) is 17.9 Å². The van der Waals surface area contributed by atoms with Crippen molar-refractivity contribution in [1.29, 1.82) is 0 Å². The van der Waals surface area contributed by atoms with Crippen molar-refractivity contribution in [2.24, 2.45) is 5.16 Å². The van der Waals surface area contributed by atoms with Gasteiger partial charge >= 0.3 is 0 Å². The van der Waals surface area contributed by atoms with Crippen LogP contribution in [0.25, 0.3) is 0 Å². The van der Waals surface area contributed by atoms with Crippen LogP contribution in [0.4, 0.5) is 0 Å². The SMILES string of the molecule is COc1c2c(cc3c1C(C/C(C)=N/O)N(C)CC3)OCO2. The Kier molecular flexibility index (Phi) is 3.63. The monoisotopic (exact) mass is 292 g/mol. The van der Waals surface area contributed by atoms with E-state index in [0.717, 1.165) is 30.0 Å². The fourth-order valence-electron chi connectivity index (χ4n) is 3.10.